The number of halogens is 3. The fourth-order valence-electron chi connectivity index (χ4n) is 3.23. The van der Waals surface area contributed by atoms with Crippen LogP contribution in [0.4, 0.5) is 13.2 Å². The Balaban J connectivity index is 1.92. The van der Waals surface area contributed by atoms with Crippen molar-refractivity contribution in [3.8, 4) is 11.1 Å². The zero-order chi connectivity index (χ0) is 22.6. The van der Waals surface area contributed by atoms with Gasteiger partial charge in [0.25, 0.3) is 10.1 Å². The lowest BCUT2D eigenvalue weighted by molar-refractivity contribution is -0.137. The third kappa shape index (κ3) is 5.90. The van der Waals surface area contributed by atoms with Crippen LogP contribution in [0, 0.1) is 0 Å². The molecule has 1 atom stereocenters. The van der Waals surface area contributed by atoms with Crippen molar-refractivity contribution >= 4 is 22.2 Å². The molecule has 7 nitrogen and oxygen atoms in total. The first-order chi connectivity index (χ1) is 14.6. The minimum absolute atomic E-state index is 0.0818. The second-order valence-electron chi connectivity index (χ2n) is 6.90. The summed E-state index contributed by atoms with van der Waals surface area (Å²) in [5.74, 6) is -0.390. The van der Waals surface area contributed by atoms with Crippen LogP contribution in [0.1, 0.15) is 30.4 Å². The molecule has 11 heteroatoms. The third-order valence-electron chi connectivity index (χ3n) is 4.67. The topological polar surface area (TPSA) is 105 Å². The van der Waals surface area contributed by atoms with Gasteiger partial charge in [-0.15, -0.1) is 0 Å². The molecular weight excluding hydrogens is 437 g/mol. The summed E-state index contributed by atoms with van der Waals surface area (Å²) in [5.41, 5.74) is 1.22. The van der Waals surface area contributed by atoms with Crippen LogP contribution in [0.2, 0.25) is 0 Å². The molecular formula is C20H19F3N2O5S. The number of amides is 1. The first-order valence-corrected chi connectivity index (χ1v) is 10.7. The fourth-order valence-corrected chi connectivity index (χ4v) is 3.91. The van der Waals surface area contributed by atoms with E-state index in [2.05, 4.69) is 10.5 Å². The van der Waals surface area contributed by atoms with Crippen LogP contribution in [0.15, 0.2) is 52.5 Å². The Hall–Kier alpha value is -2.76. The maximum absolute atomic E-state index is 13.2. The summed E-state index contributed by atoms with van der Waals surface area (Å²) in [7, 11) is -4.80. The van der Waals surface area contributed by atoms with Crippen molar-refractivity contribution in [1.29, 1.82) is 0 Å². The normalized spacial score (nSPS) is 17.2. The van der Waals surface area contributed by atoms with Gasteiger partial charge in [0, 0.05) is 17.7 Å². The van der Waals surface area contributed by atoms with E-state index < -0.39 is 32.7 Å². The molecule has 1 heterocycles. The van der Waals surface area contributed by atoms with Gasteiger partial charge in [-0.25, -0.2) is 5.43 Å². The van der Waals surface area contributed by atoms with Gasteiger partial charge in [-0.2, -0.15) is 26.7 Å². The molecule has 1 amide bonds. The van der Waals surface area contributed by atoms with Crippen LogP contribution in [0.5, 0.6) is 0 Å². The van der Waals surface area contributed by atoms with E-state index in [1.807, 2.05) is 0 Å². The highest BCUT2D eigenvalue weighted by Crippen LogP contribution is 2.36. The molecule has 1 aliphatic rings. The maximum atomic E-state index is 13.2. The largest absolute Gasteiger partial charge is 0.416 e. The zero-order valence-corrected chi connectivity index (χ0v) is 16.9. The predicted molar refractivity (Wildman–Crippen MR) is 106 cm³/mol. The van der Waals surface area contributed by atoms with E-state index in [9.17, 15) is 30.9 Å². The lowest BCUT2D eigenvalue weighted by Crippen LogP contribution is -2.23. The molecule has 166 valence electrons. The molecule has 31 heavy (non-hydrogen) atoms. The van der Waals surface area contributed by atoms with E-state index in [4.69, 9.17) is 4.74 Å². The van der Waals surface area contributed by atoms with Gasteiger partial charge in [0.1, 0.15) is 4.90 Å². The average Bonchev–Trinajstić information content (AvgIpc) is 3.19. The summed E-state index contributed by atoms with van der Waals surface area (Å²) >= 11 is 0. The molecule has 2 aromatic rings. The van der Waals surface area contributed by atoms with Gasteiger partial charge in [-0.3, -0.25) is 9.35 Å². The molecule has 3 rings (SSSR count). The van der Waals surface area contributed by atoms with Gasteiger partial charge in [0.2, 0.25) is 5.91 Å². The Bertz CT molecular complexity index is 1090. The molecule has 0 aliphatic carbocycles. The molecule has 0 aromatic heterocycles. The first-order valence-electron chi connectivity index (χ1n) is 9.27. The Morgan fingerprint density at radius 2 is 1.97 bits per heavy atom. The van der Waals surface area contributed by atoms with Gasteiger partial charge < -0.3 is 4.74 Å². The van der Waals surface area contributed by atoms with E-state index in [1.165, 1.54) is 24.4 Å². The molecule has 0 saturated carbocycles. The van der Waals surface area contributed by atoms with Gasteiger partial charge in [0.15, 0.2) is 0 Å². The summed E-state index contributed by atoms with van der Waals surface area (Å²) in [4.78, 5) is 11.3. The average molecular weight is 456 g/mol. The molecule has 2 aromatic carbocycles. The highest BCUT2D eigenvalue weighted by atomic mass is 32.2. The van der Waals surface area contributed by atoms with Crippen molar-refractivity contribution in [2.24, 2.45) is 5.10 Å². The molecule has 0 bridgehead atoms. The highest BCUT2D eigenvalue weighted by Gasteiger charge is 2.32. The predicted octanol–water partition coefficient (Wildman–Crippen LogP) is 3.64. The molecule has 0 radical (unpaired) electrons. The lowest BCUT2D eigenvalue weighted by Gasteiger charge is -2.14. The molecule has 0 spiro atoms. The monoisotopic (exact) mass is 456 g/mol. The zero-order valence-electron chi connectivity index (χ0n) is 16.1. The minimum atomic E-state index is -4.80. The van der Waals surface area contributed by atoms with E-state index >= 15 is 0 Å². The number of rotatable bonds is 6. The van der Waals surface area contributed by atoms with Crippen molar-refractivity contribution in [2.75, 3.05) is 6.61 Å². The Morgan fingerprint density at radius 3 is 2.61 bits per heavy atom. The van der Waals surface area contributed by atoms with Gasteiger partial charge >= 0.3 is 6.18 Å². The molecule has 1 saturated heterocycles. The summed E-state index contributed by atoms with van der Waals surface area (Å²) < 4.78 is 77.9. The first kappa shape index (κ1) is 22.9. The number of hydrogen-bond donors (Lipinski definition) is 2. The Morgan fingerprint density at radius 1 is 1.23 bits per heavy atom. The molecule has 1 aliphatic heterocycles. The SMILES string of the molecule is O=C(CC1CCCO1)N/N=C/c1ccccc1-c1cc(C(F)(F)F)ccc1S(=O)(=O)O. The van der Waals surface area contributed by atoms with Crippen LogP contribution >= 0.6 is 0 Å². The fraction of sp³-hybridized carbons (Fsp3) is 0.300. The number of carbonyl (C=O) groups excluding carboxylic acids is 1. The number of nitrogens with zero attached hydrogens (tertiary/aromatic N) is 1. The number of alkyl halides is 3. The number of nitrogens with one attached hydrogen (secondary N) is 1. The van der Waals surface area contributed by atoms with Gasteiger partial charge in [-0.1, -0.05) is 24.3 Å². The van der Waals surface area contributed by atoms with Crippen molar-refractivity contribution < 1.29 is 35.7 Å². The molecule has 2 N–H and O–H groups in total. The van der Waals surface area contributed by atoms with Crippen molar-refractivity contribution in [2.45, 2.75) is 36.4 Å². The van der Waals surface area contributed by atoms with Crippen molar-refractivity contribution in [1.82, 2.24) is 5.43 Å². The highest BCUT2D eigenvalue weighted by molar-refractivity contribution is 7.86. The summed E-state index contributed by atoms with van der Waals surface area (Å²) in [6.45, 7) is 0.599. The number of ether oxygens (including phenoxy) is 1. The quantitative estimate of drug-likeness (QED) is 0.392. The van der Waals surface area contributed by atoms with E-state index in [0.717, 1.165) is 12.8 Å². The maximum Gasteiger partial charge on any atom is 0.416 e. The second-order valence-corrected chi connectivity index (χ2v) is 8.29. The Kier molecular flexibility index (Phi) is 6.77. The number of hydrazone groups is 1. The van der Waals surface area contributed by atoms with Crippen LogP contribution < -0.4 is 5.43 Å². The lowest BCUT2D eigenvalue weighted by atomic mass is 9.98. The standard InChI is InChI=1S/C20H19F3N2O5S/c21-20(22,23)14-7-8-18(31(27,28)29)17(10-14)16-6-2-1-4-13(16)12-24-25-19(26)11-15-5-3-9-30-15/h1-2,4,6-8,10,12,15H,3,5,9,11H2,(H,25,26)(H,27,28,29)/b24-12+. The van der Waals surface area contributed by atoms with Crippen LogP contribution in [0.25, 0.3) is 11.1 Å². The number of benzene rings is 2. The Labute approximate surface area is 176 Å². The number of carbonyl (C=O) groups is 1. The minimum Gasteiger partial charge on any atom is -0.378 e. The second kappa shape index (κ2) is 9.16. The van der Waals surface area contributed by atoms with Crippen molar-refractivity contribution in [3.63, 3.8) is 0 Å². The molecule has 1 fully saturated rings. The number of hydrogen-bond acceptors (Lipinski definition) is 5. The van der Waals surface area contributed by atoms with Crippen LogP contribution in [0.3, 0.4) is 0 Å². The van der Waals surface area contributed by atoms with Crippen LogP contribution in [-0.4, -0.2) is 37.8 Å². The van der Waals surface area contributed by atoms with E-state index in [-0.39, 0.29) is 29.2 Å². The summed E-state index contributed by atoms with van der Waals surface area (Å²) in [5, 5.41) is 3.82. The van der Waals surface area contributed by atoms with Crippen molar-refractivity contribution in [3.05, 3.63) is 53.6 Å². The van der Waals surface area contributed by atoms with Crippen LogP contribution in [-0.2, 0) is 25.8 Å². The molecule has 1 unspecified atom stereocenters. The van der Waals surface area contributed by atoms with E-state index in [0.29, 0.717) is 24.8 Å². The summed E-state index contributed by atoms with van der Waals surface area (Å²) in [6, 6.07) is 7.86. The third-order valence-corrected chi connectivity index (χ3v) is 5.58. The smallest absolute Gasteiger partial charge is 0.378 e. The van der Waals surface area contributed by atoms with Gasteiger partial charge in [-0.05, 0) is 36.6 Å². The van der Waals surface area contributed by atoms with Gasteiger partial charge in [0.05, 0.1) is 24.3 Å². The van der Waals surface area contributed by atoms with E-state index in [1.54, 1.807) is 6.07 Å². The summed E-state index contributed by atoms with van der Waals surface area (Å²) in [6.07, 6.45) is -1.93.